The first-order valence-electron chi connectivity index (χ1n) is 4.69. The summed E-state index contributed by atoms with van der Waals surface area (Å²) in [6.45, 7) is -0.181. The molecule has 0 radical (unpaired) electrons. The van der Waals surface area contributed by atoms with Gasteiger partial charge in [0.05, 0.1) is 4.88 Å². The third-order valence-electron chi connectivity index (χ3n) is 2.08. The van der Waals surface area contributed by atoms with Crippen LogP contribution in [0, 0.1) is 0 Å². The first kappa shape index (κ1) is 12.1. The minimum absolute atomic E-state index is 0.0261. The largest absolute Gasteiger partial charge is 0.434 e. The highest BCUT2D eigenvalue weighted by molar-refractivity contribution is 7.15. The molecule has 92 valence electrons. The monoisotopic (exact) mass is 262 g/mol. The molecule has 0 atom stereocenters. The van der Waals surface area contributed by atoms with Gasteiger partial charge in [-0.15, -0.1) is 11.3 Å². The van der Waals surface area contributed by atoms with E-state index in [1.807, 2.05) is 0 Å². The fourth-order valence-corrected chi connectivity index (χ4v) is 2.28. The summed E-state index contributed by atoms with van der Waals surface area (Å²) in [7, 11) is 1.69. The molecule has 0 amide bonds. The standard InChI is InChI=1S/C9H9F3N4S/c1-16-3-2-5(15-16)8-14-7(9(10,11)12)6(4-13)17-8/h2-3H,4,13H2,1H3. The lowest BCUT2D eigenvalue weighted by atomic mass is 10.3. The lowest BCUT2D eigenvalue weighted by molar-refractivity contribution is -0.141. The number of halogens is 3. The van der Waals surface area contributed by atoms with Gasteiger partial charge in [0.1, 0.15) is 10.7 Å². The highest BCUT2D eigenvalue weighted by atomic mass is 32.1. The Bertz CT molecular complexity index is 529. The summed E-state index contributed by atoms with van der Waals surface area (Å²) >= 11 is 0.921. The average molecular weight is 262 g/mol. The number of nitrogens with zero attached hydrogens (tertiary/aromatic N) is 3. The molecule has 0 aromatic carbocycles. The Morgan fingerprint density at radius 2 is 2.18 bits per heavy atom. The van der Waals surface area contributed by atoms with Crippen molar-refractivity contribution in [3.63, 3.8) is 0 Å². The fraction of sp³-hybridized carbons (Fsp3) is 0.333. The molecule has 2 rings (SSSR count). The van der Waals surface area contributed by atoms with Crippen molar-refractivity contribution in [1.29, 1.82) is 0 Å². The van der Waals surface area contributed by atoms with E-state index < -0.39 is 11.9 Å². The number of hydrogen-bond donors (Lipinski definition) is 1. The zero-order valence-corrected chi connectivity index (χ0v) is 9.64. The van der Waals surface area contributed by atoms with Gasteiger partial charge in [-0.2, -0.15) is 18.3 Å². The van der Waals surface area contributed by atoms with Gasteiger partial charge in [0, 0.05) is 19.8 Å². The van der Waals surface area contributed by atoms with Gasteiger partial charge in [-0.05, 0) is 6.07 Å². The summed E-state index contributed by atoms with van der Waals surface area (Å²) in [6, 6.07) is 1.61. The van der Waals surface area contributed by atoms with Crippen LogP contribution in [0.1, 0.15) is 10.6 Å². The second-order valence-corrected chi connectivity index (χ2v) is 4.45. The molecule has 0 bridgehead atoms. The molecule has 0 fully saturated rings. The molecule has 8 heteroatoms. The maximum atomic E-state index is 12.6. The van der Waals surface area contributed by atoms with Crippen LogP contribution in [0.15, 0.2) is 12.3 Å². The fourth-order valence-electron chi connectivity index (χ4n) is 1.35. The molecule has 17 heavy (non-hydrogen) atoms. The zero-order chi connectivity index (χ0) is 12.6. The molecule has 2 aromatic heterocycles. The van der Waals surface area contributed by atoms with Crippen LogP contribution in [0.2, 0.25) is 0 Å². The first-order chi connectivity index (χ1) is 7.91. The minimum atomic E-state index is -4.47. The van der Waals surface area contributed by atoms with Crippen LogP contribution in [0.25, 0.3) is 10.7 Å². The first-order valence-corrected chi connectivity index (χ1v) is 5.50. The Labute approximate surface area is 98.9 Å². The SMILES string of the molecule is Cn1ccc(-c2nc(C(F)(F)F)c(CN)s2)n1. The van der Waals surface area contributed by atoms with Gasteiger partial charge in [0.25, 0.3) is 0 Å². The quantitative estimate of drug-likeness (QED) is 0.900. The van der Waals surface area contributed by atoms with Gasteiger partial charge in [0.2, 0.25) is 0 Å². The summed E-state index contributed by atoms with van der Waals surface area (Å²) in [5, 5.41) is 4.24. The molecule has 0 aliphatic carbocycles. The van der Waals surface area contributed by atoms with E-state index in [1.165, 1.54) is 4.68 Å². The molecule has 2 heterocycles. The molecule has 0 saturated carbocycles. The van der Waals surface area contributed by atoms with Crippen molar-refractivity contribution in [2.45, 2.75) is 12.7 Å². The smallest absolute Gasteiger partial charge is 0.326 e. The second-order valence-electron chi connectivity index (χ2n) is 3.37. The van der Waals surface area contributed by atoms with Crippen molar-refractivity contribution in [2.24, 2.45) is 12.8 Å². The van der Waals surface area contributed by atoms with Crippen LogP contribution in [-0.2, 0) is 19.8 Å². The Kier molecular flexibility index (Phi) is 2.92. The molecule has 0 saturated heterocycles. The number of alkyl halides is 3. The van der Waals surface area contributed by atoms with E-state index in [4.69, 9.17) is 5.73 Å². The van der Waals surface area contributed by atoms with Gasteiger partial charge in [-0.3, -0.25) is 4.68 Å². The van der Waals surface area contributed by atoms with Gasteiger partial charge in [-0.1, -0.05) is 0 Å². The molecule has 2 aromatic rings. The number of thiazole rings is 1. The summed E-state index contributed by atoms with van der Waals surface area (Å²) < 4.78 is 39.4. The number of aryl methyl sites for hydroxylation is 1. The van der Waals surface area contributed by atoms with Crippen LogP contribution < -0.4 is 5.73 Å². The highest BCUT2D eigenvalue weighted by Crippen LogP contribution is 2.36. The molecule has 0 aliphatic heterocycles. The van der Waals surface area contributed by atoms with Crippen LogP contribution in [0.5, 0.6) is 0 Å². The van der Waals surface area contributed by atoms with Gasteiger partial charge < -0.3 is 5.73 Å². The summed E-state index contributed by atoms with van der Waals surface area (Å²) in [5.74, 6) is 0. The normalized spacial score (nSPS) is 12.1. The van der Waals surface area contributed by atoms with Gasteiger partial charge >= 0.3 is 6.18 Å². The lowest BCUT2D eigenvalue weighted by Gasteiger charge is -2.03. The maximum absolute atomic E-state index is 12.6. The topological polar surface area (TPSA) is 56.7 Å². The predicted octanol–water partition coefficient (Wildman–Crippen LogP) is 2.02. The molecule has 0 unspecified atom stereocenters. The average Bonchev–Trinajstić information content (AvgIpc) is 2.81. The third-order valence-corrected chi connectivity index (χ3v) is 3.18. The van der Waals surface area contributed by atoms with Crippen molar-refractivity contribution < 1.29 is 13.2 Å². The summed E-state index contributed by atoms with van der Waals surface area (Å²) in [5.41, 5.74) is 4.80. The number of hydrogen-bond acceptors (Lipinski definition) is 4. The minimum Gasteiger partial charge on any atom is -0.326 e. The summed E-state index contributed by atoms with van der Waals surface area (Å²) in [6.07, 6.45) is -2.83. The molecule has 4 nitrogen and oxygen atoms in total. The van der Waals surface area contributed by atoms with Crippen LogP contribution in [0.4, 0.5) is 13.2 Å². The summed E-state index contributed by atoms with van der Waals surface area (Å²) in [4.78, 5) is 3.60. The van der Waals surface area contributed by atoms with E-state index in [1.54, 1.807) is 19.3 Å². The van der Waals surface area contributed by atoms with E-state index >= 15 is 0 Å². The van der Waals surface area contributed by atoms with E-state index in [9.17, 15) is 13.2 Å². The molecular formula is C9H9F3N4S. The van der Waals surface area contributed by atoms with E-state index in [0.717, 1.165) is 11.3 Å². The van der Waals surface area contributed by atoms with Crippen molar-refractivity contribution in [1.82, 2.24) is 14.8 Å². The zero-order valence-electron chi connectivity index (χ0n) is 8.82. The van der Waals surface area contributed by atoms with Crippen LogP contribution >= 0.6 is 11.3 Å². The van der Waals surface area contributed by atoms with E-state index in [0.29, 0.717) is 5.69 Å². The van der Waals surface area contributed by atoms with Crippen LogP contribution in [0.3, 0.4) is 0 Å². The highest BCUT2D eigenvalue weighted by Gasteiger charge is 2.37. The Morgan fingerprint density at radius 3 is 2.59 bits per heavy atom. The Morgan fingerprint density at radius 1 is 1.47 bits per heavy atom. The molecule has 0 aliphatic rings. The maximum Gasteiger partial charge on any atom is 0.434 e. The number of aromatic nitrogens is 3. The van der Waals surface area contributed by atoms with Gasteiger partial charge in [-0.25, -0.2) is 4.98 Å². The molecule has 2 N–H and O–H groups in total. The molecular weight excluding hydrogens is 253 g/mol. The van der Waals surface area contributed by atoms with Crippen LogP contribution in [-0.4, -0.2) is 14.8 Å². The van der Waals surface area contributed by atoms with Crippen molar-refractivity contribution in [3.05, 3.63) is 22.8 Å². The van der Waals surface area contributed by atoms with E-state index in [2.05, 4.69) is 10.1 Å². The number of rotatable bonds is 2. The lowest BCUT2D eigenvalue weighted by Crippen LogP contribution is -2.10. The van der Waals surface area contributed by atoms with Crippen molar-refractivity contribution >= 4 is 11.3 Å². The van der Waals surface area contributed by atoms with Crippen molar-refractivity contribution in [3.8, 4) is 10.7 Å². The predicted molar refractivity (Wildman–Crippen MR) is 57.2 cm³/mol. The number of nitrogens with two attached hydrogens (primary N) is 1. The Hall–Kier alpha value is -1.41. The van der Waals surface area contributed by atoms with E-state index in [-0.39, 0.29) is 16.4 Å². The van der Waals surface area contributed by atoms with Crippen molar-refractivity contribution in [2.75, 3.05) is 0 Å². The third kappa shape index (κ3) is 2.32. The molecule has 0 spiro atoms. The second kappa shape index (κ2) is 4.11. The Balaban J connectivity index is 2.48. The van der Waals surface area contributed by atoms with Gasteiger partial charge in [0.15, 0.2) is 5.69 Å².